The van der Waals surface area contributed by atoms with Crippen molar-refractivity contribution < 1.29 is 14.7 Å². The van der Waals surface area contributed by atoms with Gasteiger partial charge < -0.3 is 21.9 Å². The predicted molar refractivity (Wildman–Crippen MR) is 67.3 cm³/mol. The van der Waals surface area contributed by atoms with E-state index in [1.807, 2.05) is 0 Å². The Hall–Kier alpha value is -1.14. The molecular formula is C12H23N3O3. The van der Waals surface area contributed by atoms with Gasteiger partial charge in [0, 0.05) is 13.2 Å². The van der Waals surface area contributed by atoms with Crippen molar-refractivity contribution in [3.05, 3.63) is 0 Å². The second-order valence-electron chi connectivity index (χ2n) is 5.01. The first kappa shape index (κ1) is 14.9. The smallest absolute Gasteiger partial charge is 0.237 e. The molecular weight excluding hydrogens is 234 g/mol. The minimum atomic E-state index is -0.876. The van der Waals surface area contributed by atoms with Crippen molar-refractivity contribution in [2.45, 2.75) is 38.1 Å². The van der Waals surface area contributed by atoms with E-state index in [0.29, 0.717) is 12.5 Å². The summed E-state index contributed by atoms with van der Waals surface area (Å²) in [6, 6.07) is -0.876. The molecule has 0 spiro atoms. The first-order valence-electron chi connectivity index (χ1n) is 6.47. The molecule has 2 amide bonds. The average Bonchev–Trinajstić information content (AvgIpc) is 2.35. The van der Waals surface area contributed by atoms with Gasteiger partial charge in [-0.05, 0) is 24.7 Å². The maximum absolute atomic E-state index is 11.6. The first-order valence-corrected chi connectivity index (χ1v) is 6.47. The summed E-state index contributed by atoms with van der Waals surface area (Å²) in [5.74, 6) is -0.375. The number of hydrogen-bond acceptors (Lipinski definition) is 4. The SMILES string of the molecule is NC(=O)CC(N)C(=O)NCC1CCCCC1CO. The second-order valence-corrected chi connectivity index (χ2v) is 5.01. The van der Waals surface area contributed by atoms with E-state index in [1.54, 1.807) is 0 Å². The van der Waals surface area contributed by atoms with E-state index in [-0.39, 0.29) is 24.9 Å². The molecule has 0 aromatic rings. The van der Waals surface area contributed by atoms with E-state index >= 15 is 0 Å². The Labute approximate surface area is 107 Å². The van der Waals surface area contributed by atoms with Crippen LogP contribution in [0.5, 0.6) is 0 Å². The van der Waals surface area contributed by atoms with Crippen LogP contribution in [0.25, 0.3) is 0 Å². The molecule has 6 heteroatoms. The molecule has 1 aliphatic carbocycles. The molecule has 3 atom stereocenters. The van der Waals surface area contributed by atoms with Crippen LogP contribution in [0.15, 0.2) is 0 Å². The van der Waals surface area contributed by atoms with Crippen molar-refractivity contribution >= 4 is 11.8 Å². The fraction of sp³-hybridized carbons (Fsp3) is 0.833. The van der Waals surface area contributed by atoms with Gasteiger partial charge in [0.25, 0.3) is 0 Å². The normalized spacial score (nSPS) is 25.4. The van der Waals surface area contributed by atoms with Crippen molar-refractivity contribution in [3.8, 4) is 0 Å². The third kappa shape index (κ3) is 4.62. The van der Waals surface area contributed by atoms with Crippen LogP contribution in [-0.2, 0) is 9.59 Å². The van der Waals surface area contributed by atoms with Gasteiger partial charge in [0.2, 0.25) is 11.8 Å². The number of hydrogen-bond donors (Lipinski definition) is 4. The maximum atomic E-state index is 11.6. The number of nitrogens with two attached hydrogens (primary N) is 2. The molecule has 1 fully saturated rings. The van der Waals surface area contributed by atoms with Crippen LogP contribution in [0.3, 0.4) is 0 Å². The zero-order chi connectivity index (χ0) is 13.5. The third-order valence-electron chi connectivity index (χ3n) is 3.60. The monoisotopic (exact) mass is 257 g/mol. The molecule has 0 aromatic carbocycles. The molecule has 0 aliphatic heterocycles. The lowest BCUT2D eigenvalue weighted by molar-refractivity contribution is -0.126. The Bertz CT molecular complexity index is 296. The van der Waals surface area contributed by atoms with Gasteiger partial charge in [-0.25, -0.2) is 0 Å². The van der Waals surface area contributed by atoms with Gasteiger partial charge in [-0.15, -0.1) is 0 Å². The number of carbonyl (C=O) groups is 2. The Morgan fingerprint density at radius 3 is 2.44 bits per heavy atom. The lowest BCUT2D eigenvalue weighted by Gasteiger charge is -2.30. The molecule has 1 aliphatic rings. The fourth-order valence-electron chi connectivity index (χ4n) is 2.47. The van der Waals surface area contributed by atoms with Crippen LogP contribution in [0, 0.1) is 11.8 Å². The molecule has 104 valence electrons. The number of carbonyl (C=O) groups excluding carboxylic acids is 2. The van der Waals surface area contributed by atoms with Crippen LogP contribution >= 0.6 is 0 Å². The van der Waals surface area contributed by atoms with Gasteiger partial charge in [-0.1, -0.05) is 12.8 Å². The lowest BCUT2D eigenvalue weighted by atomic mass is 9.79. The Morgan fingerprint density at radius 1 is 1.28 bits per heavy atom. The van der Waals surface area contributed by atoms with Crippen LogP contribution in [-0.4, -0.2) is 36.1 Å². The Balaban J connectivity index is 2.34. The molecule has 6 N–H and O–H groups in total. The highest BCUT2D eigenvalue weighted by Gasteiger charge is 2.25. The Kier molecular flexibility index (Phi) is 6.07. The summed E-state index contributed by atoms with van der Waals surface area (Å²) in [7, 11) is 0. The molecule has 18 heavy (non-hydrogen) atoms. The molecule has 0 bridgehead atoms. The summed E-state index contributed by atoms with van der Waals surface area (Å²) in [5, 5.41) is 12.0. The standard InChI is InChI=1S/C12H23N3O3/c13-10(5-11(14)17)12(18)15-6-8-3-1-2-4-9(8)7-16/h8-10,16H,1-7,13H2,(H2,14,17)(H,15,18). The molecule has 1 saturated carbocycles. The molecule has 0 aromatic heterocycles. The molecule has 6 nitrogen and oxygen atoms in total. The summed E-state index contributed by atoms with van der Waals surface area (Å²) in [4.78, 5) is 22.3. The van der Waals surface area contributed by atoms with Gasteiger partial charge in [0.15, 0.2) is 0 Å². The number of nitrogens with one attached hydrogen (secondary N) is 1. The molecule has 1 rings (SSSR count). The average molecular weight is 257 g/mol. The summed E-state index contributed by atoms with van der Waals surface area (Å²) >= 11 is 0. The van der Waals surface area contributed by atoms with Crippen molar-refractivity contribution in [2.75, 3.05) is 13.2 Å². The first-order chi connectivity index (χ1) is 8.54. The van der Waals surface area contributed by atoms with E-state index in [9.17, 15) is 14.7 Å². The van der Waals surface area contributed by atoms with Crippen molar-refractivity contribution in [2.24, 2.45) is 23.3 Å². The van der Waals surface area contributed by atoms with Crippen LogP contribution in [0.4, 0.5) is 0 Å². The topological polar surface area (TPSA) is 118 Å². The largest absolute Gasteiger partial charge is 0.396 e. The van der Waals surface area contributed by atoms with Crippen LogP contribution < -0.4 is 16.8 Å². The highest BCUT2D eigenvalue weighted by molar-refractivity contribution is 5.87. The zero-order valence-corrected chi connectivity index (χ0v) is 10.6. The van der Waals surface area contributed by atoms with Gasteiger partial charge in [-0.2, -0.15) is 0 Å². The molecule has 0 radical (unpaired) electrons. The second kappa shape index (κ2) is 7.33. The number of rotatable bonds is 6. The highest BCUT2D eigenvalue weighted by atomic mass is 16.3. The van der Waals surface area contributed by atoms with Gasteiger partial charge in [-0.3, -0.25) is 9.59 Å². The van der Waals surface area contributed by atoms with Gasteiger partial charge in [0.05, 0.1) is 12.5 Å². The van der Waals surface area contributed by atoms with Crippen molar-refractivity contribution in [3.63, 3.8) is 0 Å². The number of aliphatic hydroxyl groups excluding tert-OH is 1. The molecule has 0 heterocycles. The summed E-state index contributed by atoms with van der Waals surface area (Å²) in [6.07, 6.45) is 4.14. The van der Waals surface area contributed by atoms with E-state index in [4.69, 9.17) is 11.5 Å². The minimum Gasteiger partial charge on any atom is -0.396 e. The predicted octanol–water partition coefficient (Wildman–Crippen LogP) is -0.896. The van der Waals surface area contributed by atoms with Gasteiger partial charge >= 0.3 is 0 Å². The molecule has 0 saturated heterocycles. The summed E-state index contributed by atoms with van der Waals surface area (Å²) < 4.78 is 0. The number of aliphatic hydroxyl groups is 1. The summed E-state index contributed by atoms with van der Waals surface area (Å²) in [6.45, 7) is 0.671. The highest BCUT2D eigenvalue weighted by Crippen LogP contribution is 2.28. The van der Waals surface area contributed by atoms with Crippen molar-refractivity contribution in [1.82, 2.24) is 5.32 Å². The third-order valence-corrected chi connectivity index (χ3v) is 3.60. The summed E-state index contributed by atoms with van der Waals surface area (Å²) in [5.41, 5.74) is 10.5. The number of primary amides is 1. The number of amides is 2. The van der Waals surface area contributed by atoms with Crippen molar-refractivity contribution in [1.29, 1.82) is 0 Å². The van der Waals surface area contributed by atoms with Crippen LogP contribution in [0.2, 0.25) is 0 Å². The maximum Gasteiger partial charge on any atom is 0.237 e. The van der Waals surface area contributed by atoms with E-state index in [1.165, 1.54) is 0 Å². The lowest BCUT2D eigenvalue weighted by Crippen LogP contribution is -2.45. The van der Waals surface area contributed by atoms with E-state index in [2.05, 4.69) is 5.32 Å². The quantitative estimate of drug-likeness (QED) is 0.493. The van der Waals surface area contributed by atoms with E-state index < -0.39 is 11.9 Å². The van der Waals surface area contributed by atoms with Crippen LogP contribution in [0.1, 0.15) is 32.1 Å². The zero-order valence-electron chi connectivity index (χ0n) is 10.6. The minimum absolute atomic E-state index is 0.139. The molecule has 3 unspecified atom stereocenters. The Morgan fingerprint density at radius 2 is 1.89 bits per heavy atom. The van der Waals surface area contributed by atoms with Gasteiger partial charge in [0.1, 0.15) is 0 Å². The van der Waals surface area contributed by atoms with E-state index in [0.717, 1.165) is 25.7 Å². The fourth-order valence-corrected chi connectivity index (χ4v) is 2.47.